The molecule has 10 heavy (non-hydrogen) atoms. The number of nitrogens with one attached hydrogen (secondary N) is 1. The first-order chi connectivity index (χ1) is 4.67. The second-order valence-corrected chi connectivity index (χ2v) is 2.94. The molecule has 2 N–H and O–H groups in total. The fourth-order valence-corrected chi connectivity index (χ4v) is 1.79. The van der Waals surface area contributed by atoms with E-state index in [0.717, 1.165) is 0 Å². The van der Waals surface area contributed by atoms with Gasteiger partial charge in [0.15, 0.2) is 0 Å². The van der Waals surface area contributed by atoms with Gasteiger partial charge in [0.25, 0.3) is 0 Å². The first kappa shape index (κ1) is 6.09. The lowest BCUT2D eigenvalue weighted by atomic mass is 10.2. The van der Waals surface area contributed by atoms with Gasteiger partial charge in [-0.3, -0.25) is 0 Å². The van der Waals surface area contributed by atoms with Crippen LogP contribution in [0, 0.1) is 11.8 Å². The van der Waals surface area contributed by atoms with Crippen LogP contribution < -0.4 is 5.32 Å². The van der Waals surface area contributed by atoms with Crippen LogP contribution >= 0.6 is 0 Å². The Balaban J connectivity index is 2.17. The molecule has 2 rings (SSSR count). The fraction of sp³-hybridized carbons (Fsp3) is 0.833. The fourth-order valence-electron chi connectivity index (χ4n) is 1.79. The van der Waals surface area contributed by atoms with Crippen LogP contribution in [0.1, 0.15) is 0 Å². The van der Waals surface area contributed by atoms with Gasteiger partial charge in [-0.2, -0.15) is 0 Å². The Bertz CT molecular complexity index is 184. The number of hydrogen-bond donors (Lipinski definition) is 2. The average molecular weight is 145 g/mol. The van der Waals surface area contributed by atoms with Crippen LogP contribution in [0.15, 0.2) is 0 Å². The highest BCUT2D eigenvalue weighted by Crippen LogP contribution is 2.55. The number of hydrogen-bond acceptors (Lipinski definition) is 2. The number of fused-ring (bicyclic) bond motifs is 1. The van der Waals surface area contributed by atoms with Crippen LogP contribution in [0.4, 0.5) is 4.39 Å². The van der Waals surface area contributed by atoms with Gasteiger partial charge in [-0.25, -0.2) is 9.18 Å². The molecule has 4 heteroatoms. The molecule has 3 nitrogen and oxygen atoms in total. The molecular weight excluding hydrogens is 137 g/mol. The molecule has 3 atom stereocenters. The minimum absolute atomic E-state index is 0.259. The molecule has 0 radical (unpaired) electrons. The van der Waals surface area contributed by atoms with Crippen molar-refractivity contribution < 1.29 is 14.3 Å². The number of halogens is 1. The third-order valence-corrected chi connectivity index (χ3v) is 2.51. The van der Waals surface area contributed by atoms with E-state index in [4.69, 9.17) is 5.11 Å². The van der Waals surface area contributed by atoms with Gasteiger partial charge in [-0.05, 0) is 0 Å². The van der Waals surface area contributed by atoms with Crippen molar-refractivity contribution in [3.63, 3.8) is 0 Å². The topological polar surface area (TPSA) is 49.3 Å². The van der Waals surface area contributed by atoms with Crippen molar-refractivity contribution in [3.8, 4) is 0 Å². The number of piperidine rings is 1. The zero-order valence-corrected chi connectivity index (χ0v) is 5.30. The second kappa shape index (κ2) is 1.50. The van der Waals surface area contributed by atoms with Crippen LogP contribution in [-0.2, 0) is 4.79 Å². The molecule has 0 bridgehead atoms. The van der Waals surface area contributed by atoms with Crippen LogP contribution in [0.5, 0.6) is 0 Å². The summed E-state index contributed by atoms with van der Waals surface area (Å²) in [6.07, 6.45) is 0. The van der Waals surface area contributed by atoms with E-state index >= 15 is 0 Å². The average Bonchev–Trinajstić information content (AvgIpc) is 2.28. The highest BCUT2D eigenvalue weighted by Gasteiger charge is 2.73. The Kier molecular flexibility index (Phi) is 0.916. The van der Waals surface area contributed by atoms with Gasteiger partial charge in [0.05, 0.1) is 0 Å². The number of carboxylic acids is 1. The number of carbonyl (C=O) groups is 1. The highest BCUT2D eigenvalue weighted by atomic mass is 19.1. The van der Waals surface area contributed by atoms with Crippen molar-refractivity contribution in [2.75, 3.05) is 13.1 Å². The number of rotatable bonds is 1. The first-order valence-electron chi connectivity index (χ1n) is 3.30. The number of alkyl halides is 1. The first-order valence-corrected chi connectivity index (χ1v) is 3.30. The number of aliphatic carboxylic acids is 1. The summed E-state index contributed by atoms with van der Waals surface area (Å²) >= 11 is 0. The lowest BCUT2D eigenvalue weighted by molar-refractivity contribution is -0.146. The zero-order chi connectivity index (χ0) is 7.35. The van der Waals surface area contributed by atoms with Crippen molar-refractivity contribution in [1.29, 1.82) is 0 Å². The Morgan fingerprint density at radius 2 is 2.10 bits per heavy atom. The molecule has 0 aromatic rings. The lowest BCUT2D eigenvalue weighted by Gasteiger charge is -2.04. The molecule has 2 fully saturated rings. The highest BCUT2D eigenvalue weighted by molar-refractivity contribution is 5.83. The predicted molar refractivity (Wildman–Crippen MR) is 31.3 cm³/mol. The molecule has 0 aromatic heterocycles. The zero-order valence-electron chi connectivity index (χ0n) is 5.30. The third-order valence-electron chi connectivity index (χ3n) is 2.51. The van der Waals surface area contributed by atoms with Gasteiger partial charge in [0.2, 0.25) is 5.67 Å². The second-order valence-electron chi connectivity index (χ2n) is 2.94. The van der Waals surface area contributed by atoms with Crippen molar-refractivity contribution in [3.05, 3.63) is 0 Å². The molecule has 2 aliphatic rings. The van der Waals surface area contributed by atoms with E-state index in [9.17, 15) is 9.18 Å². The minimum Gasteiger partial charge on any atom is -0.479 e. The van der Waals surface area contributed by atoms with Gasteiger partial charge >= 0.3 is 5.97 Å². The van der Waals surface area contributed by atoms with Crippen LogP contribution in [0.25, 0.3) is 0 Å². The lowest BCUT2D eigenvalue weighted by Crippen LogP contribution is -2.30. The Morgan fingerprint density at radius 1 is 1.60 bits per heavy atom. The van der Waals surface area contributed by atoms with E-state index in [-0.39, 0.29) is 11.8 Å². The van der Waals surface area contributed by atoms with Crippen molar-refractivity contribution >= 4 is 5.97 Å². The van der Waals surface area contributed by atoms with Gasteiger partial charge in [0.1, 0.15) is 0 Å². The molecule has 1 unspecified atom stereocenters. The molecular formula is C6H8FNO2. The van der Waals surface area contributed by atoms with E-state index in [1.54, 1.807) is 0 Å². The SMILES string of the molecule is O=C(O)C1(F)[C@@H]2CNC[C@@H]21. The molecule has 1 saturated carbocycles. The maximum absolute atomic E-state index is 13.1. The van der Waals surface area contributed by atoms with Gasteiger partial charge in [-0.15, -0.1) is 0 Å². The monoisotopic (exact) mass is 145 g/mol. The minimum atomic E-state index is -1.88. The summed E-state index contributed by atoms with van der Waals surface area (Å²) in [5, 5.41) is 11.3. The molecule has 0 aromatic carbocycles. The summed E-state index contributed by atoms with van der Waals surface area (Å²) in [5.74, 6) is -1.81. The van der Waals surface area contributed by atoms with Crippen molar-refractivity contribution in [2.24, 2.45) is 11.8 Å². The van der Waals surface area contributed by atoms with E-state index in [1.165, 1.54) is 0 Å². The summed E-state index contributed by atoms with van der Waals surface area (Å²) in [4.78, 5) is 10.3. The van der Waals surface area contributed by atoms with Crippen LogP contribution in [-0.4, -0.2) is 29.8 Å². The summed E-state index contributed by atoms with van der Waals surface area (Å²) in [6, 6.07) is 0. The molecule has 0 amide bonds. The third kappa shape index (κ3) is 0.463. The molecule has 1 heterocycles. The van der Waals surface area contributed by atoms with Gasteiger partial charge in [0, 0.05) is 24.9 Å². The Morgan fingerprint density at radius 3 is 2.40 bits per heavy atom. The van der Waals surface area contributed by atoms with Crippen molar-refractivity contribution in [2.45, 2.75) is 5.67 Å². The van der Waals surface area contributed by atoms with Crippen LogP contribution in [0.2, 0.25) is 0 Å². The van der Waals surface area contributed by atoms with E-state index in [0.29, 0.717) is 13.1 Å². The molecule has 1 saturated heterocycles. The molecule has 1 aliphatic carbocycles. The standard InChI is InChI=1S/C6H8FNO2/c7-6(5(9)10)3-1-8-2-4(3)6/h3-4,8H,1-2H2,(H,9,10)/t3-,4+,6?. The van der Waals surface area contributed by atoms with E-state index in [2.05, 4.69) is 5.32 Å². The van der Waals surface area contributed by atoms with Gasteiger partial charge < -0.3 is 10.4 Å². The quantitative estimate of drug-likeness (QED) is 0.529. The molecule has 1 aliphatic heterocycles. The Labute approximate surface area is 57.2 Å². The molecule has 0 spiro atoms. The van der Waals surface area contributed by atoms with E-state index < -0.39 is 11.6 Å². The maximum atomic E-state index is 13.1. The van der Waals surface area contributed by atoms with E-state index in [1.807, 2.05) is 0 Å². The summed E-state index contributed by atoms with van der Waals surface area (Å²) in [5.41, 5.74) is -1.88. The smallest absolute Gasteiger partial charge is 0.342 e. The Hall–Kier alpha value is -0.640. The van der Waals surface area contributed by atoms with Crippen molar-refractivity contribution in [1.82, 2.24) is 5.32 Å². The maximum Gasteiger partial charge on any atom is 0.342 e. The predicted octanol–water partition coefficient (Wildman–Crippen LogP) is -0.372. The largest absolute Gasteiger partial charge is 0.479 e. The molecule has 56 valence electrons. The van der Waals surface area contributed by atoms with Crippen LogP contribution in [0.3, 0.4) is 0 Å². The normalized spacial score (nSPS) is 50.5. The van der Waals surface area contributed by atoms with Gasteiger partial charge in [-0.1, -0.05) is 0 Å². The summed E-state index contributed by atoms with van der Waals surface area (Å²) in [6.45, 7) is 1.04. The number of carboxylic acid groups (broad SMARTS) is 1. The summed E-state index contributed by atoms with van der Waals surface area (Å²) < 4.78 is 13.1. The summed E-state index contributed by atoms with van der Waals surface area (Å²) in [7, 11) is 0.